The minimum Gasteiger partial charge on any atom is -0.460 e. The molecule has 3 atom stereocenters. The summed E-state index contributed by atoms with van der Waals surface area (Å²) in [6.45, 7) is 13.6. The lowest BCUT2D eigenvalue weighted by Gasteiger charge is -2.36. The smallest absolute Gasteiger partial charge is 0.308 e. The normalized spacial score (nSPS) is 13.7. The van der Waals surface area contributed by atoms with Gasteiger partial charge in [-0.05, 0) is 56.2 Å². The van der Waals surface area contributed by atoms with Gasteiger partial charge in [0, 0.05) is 12.7 Å². The molecule has 0 aliphatic carbocycles. The summed E-state index contributed by atoms with van der Waals surface area (Å²) in [7, 11) is 0. The molecule has 3 aromatic rings. The van der Waals surface area contributed by atoms with Crippen molar-refractivity contribution in [3.8, 4) is 0 Å². The number of thioether (sulfide) groups is 1. The third kappa shape index (κ3) is 11.9. The van der Waals surface area contributed by atoms with Gasteiger partial charge in [-0.2, -0.15) is 0 Å². The SMILES string of the molecule is CC(=O)N[C@@H](CSC(c1ccccc1)(c1ccccc1)c1ccccc1)C(=O)N[C@@H](CC(C)(C)C)C(=O)N[C@@H](CC(=O)OC(C)(C)C)C(C)=O. The molecule has 0 radical (unpaired) electrons. The maximum absolute atomic E-state index is 14.1. The number of carbonyl (C=O) groups excluding carboxylic acids is 5. The van der Waals surface area contributed by atoms with Gasteiger partial charge in [0.25, 0.3) is 0 Å². The van der Waals surface area contributed by atoms with Crippen LogP contribution in [0.1, 0.15) is 84.9 Å². The Kier molecular flexibility index (Phi) is 14.0. The number of hydrogen-bond acceptors (Lipinski definition) is 7. The lowest BCUT2D eigenvalue weighted by Crippen LogP contribution is -2.57. The molecule has 0 heterocycles. The highest BCUT2D eigenvalue weighted by molar-refractivity contribution is 8.00. The van der Waals surface area contributed by atoms with Crippen LogP contribution < -0.4 is 16.0 Å². The van der Waals surface area contributed by atoms with Crippen molar-refractivity contribution in [2.24, 2.45) is 5.41 Å². The molecule has 268 valence electrons. The summed E-state index contributed by atoms with van der Waals surface area (Å²) in [6.07, 6.45) is -0.121. The molecule has 3 amide bonds. The summed E-state index contributed by atoms with van der Waals surface area (Å²) in [6, 6.07) is 26.8. The van der Waals surface area contributed by atoms with Crippen molar-refractivity contribution in [3.05, 3.63) is 108 Å². The Balaban J connectivity index is 1.96. The van der Waals surface area contributed by atoms with Crippen molar-refractivity contribution in [1.29, 1.82) is 0 Å². The summed E-state index contributed by atoms with van der Waals surface area (Å²) in [5.41, 5.74) is 1.81. The number of carbonyl (C=O) groups is 5. The molecule has 0 fully saturated rings. The first kappa shape index (κ1) is 40.0. The van der Waals surface area contributed by atoms with Gasteiger partial charge in [0.2, 0.25) is 17.7 Å². The van der Waals surface area contributed by atoms with Crippen LogP contribution in [0.15, 0.2) is 91.0 Å². The van der Waals surface area contributed by atoms with Gasteiger partial charge in [-0.3, -0.25) is 24.0 Å². The summed E-state index contributed by atoms with van der Waals surface area (Å²) in [5.74, 6) is -2.46. The van der Waals surface area contributed by atoms with Crippen molar-refractivity contribution in [1.82, 2.24) is 16.0 Å². The predicted molar refractivity (Wildman–Crippen MR) is 198 cm³/mol. The quantitative estimate of drug-likeness (QED) is 0.132. The van der Waals surface area contributed by atoms with Gasteiger partial charge >= 0.3 is 5.97 Å². The number of rotatable bonds is 15. The minimum absolute atomic E-state index is 0.155. The van der Waals surface area contributed by atoms with Gasteiger partial charge in [-0.1, -0.05) is 112 Å². The third-order valence-electron chi connectivity index (χ3n) is 7.75. The molecule has 10 heteroatoms. The first-order valence-electron chi connectivity index (χ1n) is 16.8. The van der Waals surface area contributed by atoms with Crippen molar-refractivity contribution in [2.75, 3.05) is 5.75 Å². The van der Waals surface area contributed by atoms with E-state index in [4.69, 9.17) is 4.74 Å². The first-order valence-corrected chi connectivity index (χ1v) is 17.8. The molecular formula is C40H51N3O6S. The second-order valence-corrected chi connectivity index (χ2v) is 15.9. The van der Waals surface area contributed by atoms with Crippen LogP contribution in [0.3, 0.4) is 0 Å². The Morgan fingerprint density at radius 3 is 1.42 bits per heavy atom. The number of hydrogen-bond donors (Lipinski definition) is 3. The van der Waals surface area contributed by atoms with Crippen LogP contribution in [-0.4, -0.2) is 59.0 Å². The number of Topliss-reactive ketones (excluding diaryl/α,β-unsaturated/α-hetero) is 1. The van der Waals surface area contributed by atoms with Crippen molar-refractivity contribution in [2.45, 2.75) is 96.7 Å². The van der Waals surface area contributed by atoms with E-state index >= 15 is 0 Å². The van der Waals surface area contributed by atoms with Crippen LogP contribution in [0.5, 0.6) is 0 Å². The largest absolute Gasteiger partial charge is 0.460 e. The van der Waals surface area contributed by atoms with Crippen LogP contribution in [0, 0.1) is 5.41 Å². The van der Waals surface area contributed by atoms with E-state index in [1.165, 1.54) is 25.6 Å². The van der Waals surface area contributed by atoms with Gasteiger partial charge in [0.1, 0.15) is 17.7 Å². The molecule has 0 bridgehead atoms. The molecule has 9 nitrogen and oxygen atoms in total. The molecule has 0 saturated heterocycles. The molecule has 0 aliphatic heterocycles. The fraction of sp³-hybridized carbons (Fsp3) is 0.425. The number of esters is 1. The van der Waals surface area contributed by atoms with E-state index in [1.54, 1.807) is 20.8 Å². The summed E-state index contributed by atoms with van der Waals surface area (Å²) >= 11 is 1.51. The first-order chi connectivity index (χ1) is 23.4. The number of benzene rings is 3. The maximum Gasteiger partial charge on any atom is 0.308 e. The Hall–Kier alpha value is -4.44. The second-order valence-electron chi connectivity index (χ2n) is 14.6. The lowest BCUT2D eigenvalue weighted by molar-refractivity contribution is -0.156. The monoisotopic (exact) mass is 701 g/mol. The van der Waals surface area contributed by atoms with Gasteiger partial charge in [-0.25, -0.2) is 0 Å². The lowest BCUT2D eigenvalue weighted by atomic mass is 9.84. The molecule has 3 rings (SSSR count). The zero-order chi connectivity index (χ0) is 37.1. The second kappa shape index (κ2) is 17.5. The topological polar surface area (TPSA) is 131 Å². The number of ketones is 1. The van der Waals surface area contributed by atoms with Gasteiger partial charge < -0.3 is 20.7 Å². The molecular weight excluding hydrogens is 651 g/mol. The fourth-order valence-corrected chi connectivity index (χ4v) is 7.18. The fourth-order valence-electron chi connectivity index (χ4n) is 5.62. The molecule has 0 spiro atoms. The average molecular weight is 702 g/mol. The minimum atomic E-state index is -1.14. The summed E-state index contributed by atoms with van der Waals surface area (Å²) < 4.78 is 4.62. The van der Waals surface area contributed by atoms with E-state index in [-0.39, 0.29) is 18.6 Å². The average Bonchev–Trinajstić information content (AvgIpc) is 3.03. The highest BCUT2D eigenvalue weighted by Crippen LogP contribution is 2.48. The van der Waals surface area contributed by atoms with E-state index in [0.717, 1.165) is 16.7 Å². The molecule has 3 N–H and O–H groups in total. The Morgan fingerprint density at radius 2 is 1.04 bits per heavy atom. The highest BCUT2D eigenvalue weighted by atomic mass is 32.2. The maximum atomic E-state index is 14.1. The van der Waals surface area contributed by atoms with Crippen molar-refractivity contribution in [3.63, 3.8) is 0 Å². The van der Waals surface area contributed by atoms with Crippen molar-refractivity contribution < 1.29 is 28.7 Å². The molecule has 0 unspecified atom stereocenters. The Morgan fingerprint density at radius 1 is 0.620 bits per heavy atom. The van der Waals surface area contributed by atoms with E-state index < -0.39 is 63.4 Å². The van der Waals surface area contributed by atoms with Crippen LogP contribution in [0.2, 0.25) is 0 Å². The molecule has 50 heavy (non-hydrogen) atoms. The number of ether oxygens (including phenoxy) is 1. The molecule has 0 saturated carbocycles. The predicted octanol–water partition coefficient (Wildman–Crippen LogP) is 5.94. The van der Waals surface area contributed by atoms with E-state index in [0.29, 0.717) is 0 Å². The zero-order valence-electron chi connectivity index (χ0n) is 30.4. The Labute approximate surface area is 300 Å². The van der Waals surface area contributed by atoms with E-state index in [1.807, 2.05) is 112 Å². The molecule has 0 aliphatic rings. The third-order valence-corrected chi connectivity index (χ3v) is 9.39. The van der Waals surface area contributed by atoms with Gasteiger partial charge in [0.15, 0.2) is 5.78 Å². The standard InChI is InChI=1S/C40H51N3O6S/c1-27(44)32(24-35(46)49-39(6,7)8)42-36(47)33(25-38(3,4)5)43-37(48)34(41-28(2)45)26-50-40(29-18-12-9-13-19-29,30-20-14-10-15-21-30)31-22-16-11-17-23-31/h9-23,32-34H,24-26H2,1-8H3,(H,41,45)(H,42,47)(H,43,48)/t32-,33-,34-/m0/s1. The van der Waals surface area contributed by atoms with E-state index in [9.17, 15) is 24.0 Å². The van der Waals surface area contributed by atoms with Gasteiger partial charge in [-0.15, -0.1) is 11.8 Å². The molecule has 3 aromatic carbocycles. The Bertz CT molecular complexity index is 1500. The van der Waals surface area contributed by atoms with Gasteiger partial charge in [0.05, 0.1) is 17.2 Å². The van der Waals surface area contributed by atoms with Crippen LogP contribution in [-0.2, 0) is 33.5 Å². The van der Waals surface area contributed by atoms with Crippen LogP contribution in [0.25, 0.3) is 0 Å². The van der Waals surface area contributed by atoms with E-state index in [2.05, 4.69) is 16.0 Å². The van der Waals surface area contributed by atoms with Crippen LogP contribution in [0.4, 0.5) is 0 Å². The zero-order valence-corrected chi connectivity index (χ0v) is 31.2. The number of nitrogens with one attached hydrogen (secondary N) is 3. The molecule has 0 aromatic heterocycles. The highest BCUT2D eigenvalue weighted by Gasteiger charge is 2.39. The summed E-state index contributed by atoms with van der Waals surface area (Å²) in [5, 5.41) is 8.33. The summed E-state index contributed by atoms with van der Waals surface area (Å²) in [4.78, 5) is 65.4. The van der Waals surface area contributed by atoms with Crippen molar-refractivity contribution >= 4 is 41.2 Å². The number of amides is 3. The van der Waals surface area contributed by atoms with Crippen LogP contribution >= 0.6 is 11.8 Å².